The minimum Gasteiger partial charge on any atom is -0.457 e. The van der Waals surface area contributed by atoms with Gasteiger partial charge in [-0.2, -0.15) is 0 Å². The molecule has 0 saturated heterocycles. The highest BCUT2D eigenvalue weighted by Gasteiger charge is 2.19. The molecule has 0 aromatic heterocycles. The number of ether oxygens (including phenoxy) is 1. The van der Waals surface area contributed by atoms with Crippen molar-refractivity contribution in [2.45, 2.75) is 4.90 Å². The van der Waals surface area contributed by atoms with E-state index in [-0.39, 0.29) is 17.0 Å². The highest BCUT2D eigenvalue weighted by atomic mass is 32.2. The third-order valence-electron chi connectivity index (χ3n) is 4.40. The van der Waals surface area contributed by atoms with Crippen molar-refractivity contribution >= 4 is 27.5 Å². The Labute approximate surface area is 186 Å². The summed E-state index contributed by atoms with van der Waals surface area (Å²) in [6, 6.07) is 21.8. The number of anilines is 1. The Morgan fingerprint density at radius 3 is 2.19 bits per heavy atom. The molecule has 166 valence electrons. The molecule has 0 fully saturated rings. The maximum atomic E-state index is 12.4. The van der Waals surface area contributed by atoms with Crippen molar-refractivity contribution in [1.82, 2.24) is 9.62 Å². The fourth-order valence-corrected chi connectivity index (χ4v) is 3.66. The van der Waals surface area contributed by atoms with Crippen molar-refractivity contribution in [2.24, 2.45) is 0 Å². The fraction of sp³-hybridized carbons (Fsp3) is 0.130. The maximum absolute atomic E-state index is 12.4. The van der Waals surface area contributed by atoms with E-state index in [2.05, 4.69) is 10.6 Å². The van der Waals surface area contributed by atoms with E-state index >= 15 is 0 Å². The number of amides is 2. The molecule has 3 aromatic carbocycles. The molecule has 0 spiro atoms. The monoisotopic (exact) mass is 453 g/mol. The minimum absolute atomic E-state index is 0.00240. The number of benzene rings is 3. The lowest BCUT2D eigenvalue weighted by Crippen LogP contribution is -2.33. The number of rotatable bonds is 8. The molecule has 3 rings (SSSR count). The van der Waals surface area contributed by atoms with Gasteiger partial charge in [0.25, 0.3) is 5.91 Å². The fourth-order valence-electron chi connectivity index (χ4n) is 2.71. The average molecular weight is 454 g/mol. The molecule has 8 nitrogen and oxygen atoms in total. The van der Waals surface area contributed by atoms with Crippen LogP contribution in [0.1, 0.15) is 10.4 Å². The van der Waals surface area contributed by atoms with Crippen LogP contribution in [0.3, 0.4) is 0 Å². The molecule has 0 aliphatic carbocycles. The maximum Gasteiger partial charge on any atom is 0.251 e. The van der Waals surface area contributed by atoms with E-state index in [0.29, 0.717) is 17.2 Å². The number of carbonyl (C=O) groups is 2. The molecular weight excluding hydrogens is 430 g/mol. The van der Waals surface area contributed by atoms with Crippen LogP contribution >= 0.6 is 0 Å². The molecule has 0 aliphatic rings. The van der Waals surface area contributed by atoms with Crippen molar-refractivity contribution < 1.29 is 22.7 Å². The number of sulfonamides is 1. The van der Waals surface area contributed by atoms with Gasteiger partial charge in [0.15, 0.2) is 0 Å². The van der Waals surface area contributed by atoms with Crippen LogP contribution in [-0.4, -0.2) is 45.2 Å². The van der Waals surface area contributed by atoms with E-state index in [1.54, 1.807) is 24.3 Å². The van der Waals surface area contributed by atoms with Crippen LogP contribution in [0.15, 0.2) is 83.8 Å². The standard InChI is InChI=1S/C23H23N3O5S/c1-26(2)32(29,30)21-10-6-7-17(15-21)23(28)24-16-22(27)25-18-11-13-20(14-12-18)31-19-8-4-3-5-9-19/h3-15H,16H2,1-2H3,(H,24,28)(H,25,27). The summed E-state index contributed by atoms with van der Waals surface area (Å²) in [5.41, 5.74) is 0.687. The van der Waals surface area contributed by atoms with Gasteiger partial charge in [0.1, 0.15) is 11.5 Å². The summed E-state index contributed by atoms with van der Waals surface area (Å²) in [5.74, 6) is 0.346. The molecule has 0 heterocycles. The molecular formula is C23H23N3O5S. The normalized spacial score (nSPS) is 11.1. The van der Waals surface area contributed by atoms with Gasteiger partial charge >= 0.3 is 0 Å². The molecule has 3 aromatic rings. The topological polar surface area (TPSA) is 105 Å². The Morgan fingerprint density at radius 2 is 1.53 bits per heavy atom. The summed E-state index contributed by atoms with van der Waals surface area (Å²) in [6.07, 6.45) is 0. The molecule has 0 atom stereocenters. The molecule has 9 heteroatoms. The van der Waals surface area contributed by atoms with Crippen LogP contribution in [0.2, 0.25) is 0 Å². The molecule has 0 aliphatic heterocycles. The SMILES string of the molecule is CN(C)S(=O)(=O)c1cccc(C(=O)NCC(=O)Nc2ccc(Oc3ccccc3)cc2)c1. The van der Waals surface area contributed by atoms with E-state index in [4.69, 9.17) is 4.74 Å². The van der Waals surface area contributed by atoms with E-state index < -0.39 is 21.8 Å². The number of hydrogen-bond donors (Lipinski definition) is 2. The van der Waals surface area contributed by atoms with Gasteiger partial charge in [0.2, 0.25) is 15.9 Å². The molecule has 0 unspecified atom stereocenters. The quantitative estimate of drug-likeness (QED) is 0.545. The second kappa shape index (κ2) is 10.1. The molecule has 0 radical (unpaired) electrons. The first-order valence-corrected chi connectivity index (χ1v) is 11.1. The first kappa shape index (κ1) is 23.0. The number of hydrogen-bond acceptors (Lipinski definition) is 5. The highest BCUT2D eigenvalue weighted by molar-refractivity contribution is 7.89. The zero-order valence-corrected chi connectivity index (χ0v) is 18.4. The Balaban J connectivity index is 1.54. The summed E-state index contributed by atoms with van der Waals surface area (Å²) in [6.45, 7) is -0.272. The first-order valence-electron chi connectivity index (χ1n) is 9.69. The van der Waals surface area contributed by atoms with Crippen molar-refractivity contribution in [2.75, 3.05) is 26.0 Å². The van der Waals surface area contributed by atoms with Crippen LogP contribution in [0.5, 0.6) is 11.5 Å². The van der Waals surface area contributed by atoms with Crippen LogP contribution in [0.4, 0.5) is 5.69 Å². The number of carbonyl (C=O) groups excluding carboxylic acids is 2. The van der Waals surface area contributed by atoms with Crippen LogP contribution in [0, 0.1) is 0 Å². The lowest BCUT2D eigenvalue weighted by Gasteiger charge is -2.12. The van der Waals surface area contributed by atoms with Gasteiger partial charge in [0, 0.05) is 25.3 Å². The van der Waals surface area contributed by atoms with Crippen LogP contribution in [-0.2, 0) is 14.8 Å². The summed E-state index contributed by atoms with van der Waals surface area (Å²) in [5, 5.41) is 5.17. The summed E-state index contributed by atoms with van der Waals surface area (Å²) >= 11 is 0. The summed E-state index contributed by atoms with van der Waals surface area (Å²) in [7, 11) is -0.846. The molecule has 0 bridgehead atoms. The van der Waals surface area contributed by atoms with Gasteiger partial charge in [-0.25, -0.2) is 12.7 Å². The van der Waals surface area contributed by atoms with E-state index in [1.807, 2.05) is 30.3 Å². The van der Waals surface area contributed by atoms with Gasteiger partial charge in [0.05, 0.1) is 11.4 Å². The van der Waals surface area contributed by atoms with Gasteiger partial charge in [-0.05, 0) is 54.6 Å². The van der Waals surface area contributed by atoms with Gasteiger partial charge in [-0.3, -0.25) is 9.59 Å². The van der Waals surface area contributed by atoms with Crippen molar-refractivity contribution in [1.29, 1.82) is 0 Å². The zero-order chi connectivity index (χ0) is 23.1. The van der Waals surface area contributed by atoms with Crippen LogP contribution in [0.25, 0.3) is 0 Å². The molecule has 2 N–H and O–H groups in total. The molecule has 0 saturated carbocycles. The van der Waals surface area contributed by atoms with Crippen molar-refractivity contribution in [3.05, 3.63) is 84.4 Å². The largest absolute Gasteiger partial charge is 0.457 e. The Morgan fingerprint density at radius 1 is 0.875 bits per heavy atom. The predicted octanol–water partition coefficient (Wildman–Crippen LogP) is 3.10. The third kappa shape index (κ3) is 5.93. The van der Waals surface area contributed by atoms with Crippen molar-refractivity contribution in [3.63, 3.8) is 0 Å². The van der Waals surface area contributed by atoms with Crippen molar-refractivity contribution in [3.8, 4) is 11.5 Å². The Bertz CT molecular complexity index is 1190. The lowest BCUT2D eigenvalue weighted by atomic mass is 10.2. The molecule has 2 amide bonds. The van der Waals surface area contributed by atoms with Crippen LogP contribution < -0.4 is 15.4 Å². The second-order valence-electron chi connectivity index (χ2n) is 6.99. The second-order valence-corrected chi connectivity index (χ2v) is 9.14. The zero-order valence-electron chi connectivity index (χ0n) is 17.6. The first-order chi connectivity index (χ1) is 15.3. The lowest BCUT2D eigenvalue weighted by molar-refractivity contribution is -0.115. The number of nitrogens with one attached hydrogen (secondary N) is 2. The third-order valence-corrected chi connectivity index (χ3v) is 6.21. The highest BCUT2D eigenvalue weighted by Crippen LogP contribution is 2.22. The summed E-state index contributed by atoms with van der Waals surface area (Å²) < 4.78 is 31.2. The van der Waals surface area contributed by atoms with Gasteiger partial charge in [-0.15, -0.1) is 0 Å². The van der Waals surface area contributed by atoms with Gasteiger partial charge in [-0.1, -0.05) is 24.3 Å². The molecule has 32 heavy (non-hydrogen) atoms. The average Bonchev–Trinajstić information content (AvgIpc) is 2.79. The Kier molecular flexibility index (Phi) is 7.24. The van der Waals surface area contributed by atoms with E-state index in [9.17, 15) is 18.0 Å². The number of para-hydroxylation sites is 1. The van der Waals surface area contributed by atoms with Gasteiger partial charge < -0.3 is 15.4 Å². The minimum atomic E-state index is -3.66. The smallest absolute Gasteiger partial charge is 0.251 e. The number of nitrogens with zero attached hydrogens (tertiary/aromatic N) is 1. The van der Waals surface area contributed by atoms with E-state index in [0.717, 1.165) is 4.31 Å². The predicted molar refractivity (Wildman–Crippen MR) is 121 cm³/mol. The van der Waals surface area contributed by atoms with E-state index in [1.165, 1.54) is 38.4 Å². The Hall–Kier alpha value is -3.69. The summed E-state index contributed by atoms with van der Waals surface area (Å²) in [4.78, 5) is 24.5.